The minimum absolute atomic E-state index is 0.00402. The van der Waals surface area contributed by atoms with Crippen LogP contribution in [0.5, 0.6) is 0 Å². The fraction of sp³-hybridized carbons (Fsp3) is 0.462. The number of rotatable bonds is 5. The molecule has 0 spiro atoms. The van der Waals surface area contributed by atoms with Crippen molar-refractivity contribution in [2.75, 3.05) is 13.6 Å². The maximum absolute atomic E-state index is 12.2. The van der Waals surface area contributed by atoms with E-state index < -0.39 is 15.6 Å². The molecule has 0 fully saturated rings. The topological polar surface area (TPSA) is 81.4 Å². The zero-order valence-corrected chi connectivity index (χ0v) is 12.1. The molecule has 0 aliphatic heterocycles. The lowest BCUT2D eigenvalue weighted by Crippen LogP contribution is -2.40. The number of benzene rings is 1. The molecule has 0 amide bonds. The van der Waals surface area contributed by atoms with Gasteiger partial charge in [0.05, 0.1) is 23.0 Å². The molecule has 0 heterocycles. The van der Waals surface area contributed by atoms with Crippen LogP contribution in [0.25, 0.3) is 0 Å². The van der Waals surface area contributed by atoms with Crippen molar-refractivity contribution < 1.29 is 13.5 Å². The smallest absolute Gasteiger partial charge is 0.218 e. The number of hydrogen-bond donors (Lipinski definition) is 1. The van der Waals surface area contributed by atoms with Gasteiger partial charge in [0.25, 0.3) is 0 Å². The van der Waals surface area contributed by atoms with E-state index in [1.165, 1.54) is 7.05 Å². The summed E-state index contributed by atoms with van der Waals surface area (Å²) in [5, 5.41) is 18.6. The molecule has 1 rings (SSSR count). The third-order valence-electron chi connectivity index (χ3n) is 2.56. The summed E-state index contributed by atoms with van der Waals surface area (Å²) in [6, 6.07) is 8.56. The fourth-order valence-corrected chi connectivity index (χ4v) is 3.08. The van der Waals surface area contributed by atoms with Gasteiger partial charge in [-0.2, -0.15) is 5.26 Å². The summed E-state index contributed by atoms with van der Waals surface area (Å²) in [6.07, 6.45) is 0. The van der Waals surface area contributed by atoms with Gasteiger partial charge in [0.1, 0.15) is 0 Å². The van der Waals surface area contributed by atoms with E-state index in [1.807, 2.05) is 6.07 Å². The van der Waals surface area contributed by atoms with Crippen molar-refractivity contribution in [2.24, 2.45) is 0 Å². The summed E-state index contributed by atoms with van der Waals surface area (Å²) in [6.45, 7) is 3.09. The molecule has 19 heavy (non-hydrogen) atoms. The van der Waals surface area contributed by atoms with Crippen LogP contribution in [-0.4, -0.2) is 37.0 Å². The van der Waals surface area contributed by atoms with E-state index in [0.29, 0.717) is 11.1 Å². The Morgan fingerprint density at radius 3 is 2.47 bits per heavy atom. The SMILES string of the molecule is CN(CC(C)(C)O)S(=O)(=O)Cc1ccccc1C#N. The van der Waals surface area contributed by atoms with E-state index >= 15 is 0 Å². The Balaban J connectivity index is 2.95. The van der Waals surface area contributed by atoms with Gasteiger partial charge in [-0.25, -0.2) is 12.7 Å². The summed E-state index contributed by atoms with van der Waals surface area (Å²) in [7, 11) is -2.14. The van der Waals surface area contributed by atoms with Crippen LogP contribution in [0.2, 0.25) is 0 Å². The lowest BCUT2D eigenvalue weighted by Gasteiger charge is -2.25. The highest BCUT2D eigenvalue weighted by Crippen LogP contribution is 2.15. The van der Waals surface area contributed by atoms with Crippen LogP contribution in [0.1, 0.15) is 25.0 Å². The third-order valence-corrected chi connectivity index (χ3v) is 4.31. The number of hydrogen-bond acceptors (Lipinski definition) is 4. The number of nitrogens with zero attached hydrogens (tertiary/aromatic N) is 2. The van der Waals surface area contributed by atoms with E-state index in [-0.39, 0.29) is 12.3 Å². The zero-order chi connectivity index (χ0) is 14.7. The van der Waals surface area contributed by atoms with Crippen molar-refractivity contribution in [3.8, 4) is 6.07 Å². The lowest BCUT2D eigenvalue weighted by molar-refractivity contribution is 0.0639. The predicted octanol–water partition coefficient (Wildman–Crippen LogP) is 1.09. The summed E-state index contributed by atoms with van der Waals surface area (Å²) in [4.78, 5) is 0. The zero-order valence-electron chi connectivity index (χ0n) is 11.3. The average Bonchev–Trinajstić information content (AvgIpc) is 2.27. The molecule has 1 aromatic rings. The molecule has 0 bridgehead atoms. The molecule has 1 N–H and O–H groups in total. The molecule has 0 aromatic heterocycles. The Labute approximate surface area is 114 Å². The molecule has 104 valence electrons. The summed E-state index contributed by atoms with van der Waals surface area (Å²) >= 11 is 0. The molecule has 1 aromatic carbocycles. The maximum atomic E-state index is 12.2. The second-order valence-electron chi connectivity index (χ2n) is 5.09. The van der Waals surface area contributed by atoms with E-state index in [0.717, 1.165) is 4.31 Å². The molecule has 0 atom stereocenters. The third kappa shape index (κ3) is 4.63. The standard InChI is InChI=1S/C13H18N2O3S/c1-13(2,16)10-15(3)19(17,18)9-12-7-5-4-6-11(12)8-14/h4-7,16H,9-10H2,1-3H3. The van der Waals surface area contributed by atoms with Crippen LogP contribution in [-0.2, 0) is 15.8 Å². The average molecular weight is 282 g/mol. The molecule has 0 radical (unpaired) electrons. The van der Waals surface area contributed by atoms with E-state index in [2.05, 4.69) is 0 Å². The van der Waals surface area contributed by atoms with E-state index in [1.54, 1.807) is 38.1 Å². The molecule has 0 saturated heterocycles. The van der Waals surface area contributed by atoms with Crippen LogP contribution in [0.15, 0.2) is 24.3 Å². The van der Waals surface area contributed by atoms with Gasteiger partial charge < -0.3 is 5.11 Å². The highest BCUT2D eigenvalue weighted by molar-refractivity contribution is 7.88. The number of sulfonamides is 1. The van der Waals surface area contributed by atoms with Crippen LogP contribution in [0.4, 0.5) is 0 Å². The molecule has 5 nitrogen and oxygen atoms in total. The second kappa shape index (κ2) is 5.70. The van der Waals surface area contributed by atoms with Crippen LogP contribution in [0, 0.1) is 11.3 Å². The van der Waals surface area contributed by atoms with E-state index in [9.17, 15) is 13.5 Å². The minimum atomic E-state index is -3.56. The molecule has 0 unspecified atom stereocenters. The largest absolute Gasteiger partial charge is 0.389 e. The Bertz CT molecular complexity index is 583. The molecule has 6 heteroatoms. The van der Waals surface area contributed by atoms with Gasteiger partial charge >= 0.3 is 0 Å². The summed E-state index contributed by atoms with van der Waals surface area (Å²) < 4.78 is 25.4. The number of nitriles is 1. The van der Waals surface area contributed by atoms with Crippen LogP contribution < -0.4 is 0 Å². The van der Waals surface area contributed by atoms with Gasteiger partial charge in [-0.05, 0) is 25.5 Å². The number of aliphatic hydroxyl groups is 1. The molecule has 0 aliphatic rings. The molecular formula is C13H18N2O3S. The Morgan fingerprint density at radius 1 is 1.37 bits per heavy atom. The van der Waals surface area contributed by atoms with Crippen molar-refractivity contribution >= 4 is 10.0 Å². The molecular weight excluding hydrogens is 264 g/mol. The van der Waals surface area contributed by atoms with Crippen molar-refractivity contribution in [1.82, 2.24) is 4.31 Å². The molecule has 0 saturated carbocycles. The maximum Gasteiger partial charge on any atom is 0.218 e. The van der Waals surface area contributed by atoms with Crippen LogP contribution >= 0.6 is 0 Å². The van der Waals surface area contributed by atoms with Crippen molar-refractivity contribution in [2.45, 2.75) is 25.2 Å². The van der Waals surface area contributed by atoms with Gasteiger partial charge in [0, 0.05) is 13.6 Å². The minimum Gasteiger partial charge on any atom is -0.389 e. The van der Waals surface area contributed by atoms with Gasteiger partial charge in [0.2, 0.25) is 10.0 Å². The fourth-order valence-electron chi connectivity index (χ4n) is 1.71. The molecule has 0 aliphatic carbocycles. The Morgan fingerprint density at radius 2 is 1.95 bits per heavy atom. The first-order chi connectivity index (χ1) is 8.65. The van der Waals surface area contributed by atoms with Crippen molar-refractivity contribution in [1.29, 1.82) is 5.26 Å². The number of likely N-dealkylation sites (N-methyl/N-ethyl adjacent to an activating group) is 1. The van der Waals surface area contributed by atoms with Gasteiger partial charge in [-0.15, -0.1) is 0 Å². The Kier molecular flexibility index (Phi) is 4.69. The highest BCUT2D eigenvalue weighted by Gasteiger charge is 2.25. The van der Waals surface area contributed by atoms with Crippen LogP contribution in [0.3, 0.4) is 0 Å². The quantitative estimate of drug-likeness (QED) is 0.876. The normalized spacial score (nSPS) is 12.4. The van der Waals surface area contributed by atoms with Gasteiger partial charge in [-0.1, -0.05) is 18.2 Å². The Hall–Kier alpha value is -1.42. The van der Waals surface area contributed by atoms with Crippen molar-refractivity contribution in [3.05, 3.63) is 35.4 Å². The second-order valence-corrected chi connectivity index (χ2v) is 7.17. The van der Waals surface area contributed by atoms with Gasteiger partial charge in [0.15, 0.2) is 0 Å². The van der Waals surface area contributed by atoms with Gasteiger partial charge in [-0.3, -0.25) is 0 Å². The first kappa shape index (κ1) is 15.6. The predicted molar refractivity (Wildman–Crippen MR) is 72.7 cm³/mol. The first-order valence-corrected chi connectivity index (χ1v) is 7.41. The highest BCUT2D eigenvalue weighted by atomic mass is 32.2. The summed E-state index contributed by atoms with van der Waals surface area (Å²) in [5.74, 6) is -0.247. The van der Waals surface area contributed by atoms with Crippen molar-refractivity contribution in [3.63, 3.8) is 0 Å². The van der Waals surface area contributed by atoms with E-state index in [4.69, 9.17) is 5.26 Å². The monoisotopic (exact) mass is 282 g/mol. The lowest BCUT2D eigenvalue weighted by atomic mass is 10.1. The summed E-state index contributed by atoms with van der Waals surface area (Å²) in [5.41, 5.74) is -0.286. The first-order valence-electron chi connectivity index (χ1n) is 5.80.